The van der Waals surface area contributed by atoms with Crippen molar-refractivity contribution >= 4 is 5.97 Å². The number of aliphatic carboxylic acids is 1. The molecule has 1 fully saturated rings. The van der Waals surface area contributed by atoms with Gasteiger partial charge in [0.2, 0.25) is 0 Å². The second kappa shape index (κ2) is 2.34. The smallest absolute Gasteiger partial charge is 0.381 e. The second-order valence-electron chi connectivity index (χ2n) is 3.09. The van der Waals surface area contributed by atoms with Crippen LogP contribution in [0.2, 0.25) is 0 Å². The largest absolute Gasteiger partial charge is 0.472 e. The molecule has 2 heteroatoms. The van der Waals surface area contributed by atoms with Crippen molar-refractivity contribution in [2.75, 3.05) is 0 Å². The lowest BCUT2D eigenvalue weighted by atomic mass is 10.1. The number of carbonyl (C=O) groups is 1. The first-order chi connectivity index (χ1) is 4.62. The highest BCUT2D eigenvalue weighted by Gasteiger charge is 2.35. The predicted octanol–water partition coefficient (Wildman–Crippen LogP) is 1.26. The van der Waals surface area contributed by atoms with Gasteiger partial charge in [-0.3, -0.25) is 0 Å². The Labute approximate surface area is 60.2 Å². The van der Waals surface area contributed by atoms with Crippen molar-refractivity contribution in [1.29, 1.82) is 0 Å². The van der Waals surface area contributed by atoms with E-state index >= 15 is 0 Å². The van der Waals surface area contributed by atoms with E-state index in [1.54, 1.807) is 0 Å². The van der Waals surface area contributed by atoms with E-state index in [4.69, 9.17) is 5.11 Å². The van der Waals surface area contributed by atoms with Gasteiger partial charge in [-0.15, -0.1) is 0 Å². The number of carboxylic acids is 1. The molecule has 0 aromatic heterocycles. The first kappa shape index (κ1) is 7.14. The van der Waals surface area contributed by atoms with Gasteiger partial charge >= 0.3 is 5.97 Å². The van der Waals surface area contributed by atoms with Gasteiger partial charge in [0.1, 0.15) is 0 Å². The summed E-state index contributed by atoms with van der Waals surface area (Å²) in [7, 11) is 0. The molecule has 0 unspecified atom stereocenters. The van der Waals surface area contributed by atoms with Crippen LogP contribution in [0.25, 0.3) is 0 Å². The van der Waals surface area contributed by atoms with E-state index in [0.717, 1.165) is 6.42 Å². The average Bonchev–Trinajstić information content (AvgIpc) is 2.47. The van der Waals surface area contributed by atoms with Crippen LogP contribution in [0.5, 0.6) is 0 Å². The van der Waals surface area contributed by atoms with Crippen LogP contribution in [0.15, 0.2) is 0 Å². The van der Waals surface area contributed by atoms with E-state index in [1.807, 2.05) is 0 Å². The van der Waals surface area contributed by atoms with E-state index in [2.05, 4.69) is 18.8 Å². The van der Waals surface area contributed by atoms with Crippen LogP contribution < -0.4 is 0 Å². The summed E-state index contributed by atoms with van der Waals surface area (Å²) in [6, 6.07) is 0. The Morgan fingerprint density at radius 3 is 2.70 bits per heavy atom. The summed E-state index contributed by atoms with van der Waals surface area (Å²) < 4.78 is 0. The highest BCUT2D eigenvalue weighted by Crippen LogP contribution is 2.47. The van der Waals surface area contributed by atoms with Gasteiger partial charge in [-0.2, -0.15) is 0 Å². The molecule has 0 aromatic carbocycles. The molecule has 1 saturated carbocycles. The highest BCUT2D eigenvalue weighted by atomic mass is 16.4. The van der Waals surface area contributed by atoms with Crippen LogP contribution in [0.1, 0.15) is 26.2 Å². The van der Waals surface area contributed by atoms with Crippen LogP contribution in [0.3, 0.4) is 0 Å². The highest BCUT2D eigenvalue weighted by molar-refractivity contribution is 5.86. The molecule has 0 amide bonds. The molecule has 0 atom stereocenters. The third kappa shape index (κ3) is 2.10. The maximum Gasteiger partial charge on any atom is 0.381 e. The SMILES string of the molecule is CC1(CC#CC(=O)O)CC1. The molecule has 1 aliphatic carbocycles. The van der Waals surface area contributed by atoms with Crippen molar-refractivity contribution in [1.82, 2.24) is 0 Å². The summed E-state index contributed by atoms with van der Waals surface area (Å²) in [4.78, 5) is 9.93. The monoisotopic (exact) mass is 138 g/mol. The van der Waals surface area contributed by atoms with E-state index in [-0.39, 0.29) is 0 Å². The van der Waals surface area contributed by atoms with Gasteiger partial charge in [0.25, 0.3) is 0 Å². The number of hydrogen-bond donors (Lipinski definition) is 1. The molecule has 0 aromatic rings. The van der Waals surface area contributed by atoms with E-state index in [0.29, 0.717) is 5.41 Å². The normalized spacial score (nSPS) is 18.9. The third-order valence-electron chi connectivity index (χ3n) is 1.81. The minimum Gasteiger partial charge on any atom is -0.472 e. The minimum absolute atomic E-state index is 0.350. The maximum absolute atomic E-state index is 9.93. The Morgan fingerprint density at radius 2 is 2.30 bits per heavy atom. The van der Waals surface area contributed by atoms with E-state index < -0.39 is 5.97 Å². The summed E-state index contributed by atoms with van der Waals surface area (Å²) >= 11 is 0. The Morgan fingerprint density at radius 1 is 1.70 bits per heavy atom. The second-order valence-corrected chi connectivity index (χ2v) is 3.09. The summed E-state index contributed by atoms with van der Waals surface area (Å²) in [5.74, 6) is 3.72. The van der Waals surface area contributed by atoms with Crippen molar-refractivity contribution < 1.29 is 9.90 Å². The summed E-state index contributed by atoms with van der Waals surface area (Å²) in [6.45, 7) is 2.13. The topological polar surface area (TPSA) is 37.3 Å². The van der Waals surface area contributed by atoms with Gasteiger partial charge in [0.05, 0.1) is 0 Å². The third-order valence-corrected chi connectivity index (χ3v) is 1.81. The predicted molar refractivity (Wildman–Crippen MR) is 37.4 cm³/mol. The molecular formula is C8H10O2. The lowest BCUT2D eigenvalue weighted by Gasteiger charge is -1.96. The van der Waals surface area contributed by atoms with Gasteiger partial charge < -0.3 is 5.11 Å². The van der Waals surface area contributed by atoms with Crippen LogP contribution in [0.4, 0.5) is 0 Å². The van der Waals surface area contributed by atoms with Gasteiger partial charge in [0.15, 0.2) is 0 Å². The molecule has 10 heavy (non-hydrogen) atoms. The van der Waals surface area contributed by atoms with Crippen LogP contribution in [0, 0.1) is 17.3 Å². The molecule has 0 heterocycles. The number of rotatable bonds is 1. The maximum atomic E-state index is 9.93. The first-order valence-corrected chi connectivity index (χ1v) is 3.34. The average molecular weight is 138 g/mol. The molecular weight excluding hydrogens is 128 g/mol. The van der Waals surface area contributed by atoms with Crippen LogP contribution in [-0.2, 0) is 4.79 Å². The molecule has 1 rings (SSSR count). The summed E-state index contributed by atoms with van der Waals surface area (Å²) in [5.41, 5.74) is 0.350. The van der Waals surface area contributed by atoms with Gasteiger partial charge in [-0.05, 0) is 18.3 Å². The Hall–Kier alpha value is -0.970. The van der Waals surface area contributed by atoms with Crippen molar-refractivity contribution in [3.8, 4) is 11.8 Å². The molecule has 0 spiro atoms. The Balaban J connectivity index is 2.29. The Kier molecular flexibility index (Phi) is 1.67. The van der Waals surface area contributed by atoms with Crippen LogP contribution >= 0.6 is 0 Å². The lowest BCUT2D eigenvalue weighted by molar-refractivity contribution is -0.130. The Bertz CT molecular complexity index is 203. The first-order valence-electron chi connectivity index (χ1n) is 3.34. The zero-order chi connectivity index (χ0) is 7.61. The number of carboxylic acid groups (broad SMARTS) is 1. The quantitative estimate of drug-likeness (QED) is 0.554. The number of hydrogen-bond acceptors (Lipinski definition) is 1. The fraction of sp³-hybridized carbons (Fsp3) is 0.625. The summed E-state index contributed by atoms with van der Waals surface area (Å²) in [5, 5.41) is 8.16. The molecule has 1 N–H and O–H groups in total. The molecule has 2 nitrogen and oxygen atoms in total. The lowest BCUT2D eigenvalue weighted by Crippen LogP contribution is -1.91. The molecule has 0 aliphatic heterocycles. The molecule has 54 valence electrons. The van der Waals surface area contributed by atoms with Crippen molar-refractivity contribution in [2.45, 2.75) is 26.2 Å². The molecule has 0 saturated heterocycles. The van der Waals surface area contributed by atoms with Gasteiger partial charge in [-0.1, -0.05) is 12.8 Å². The van der Waals surface area contributed by atoms with Gasteiger partial charge in [0, 0.05) is 12.3 Å². The van der Waals surface area contributed by atoms with E-state index in [9.17, 15) is 4.79 Å². The van der Waals surface area contributed by atoms with Crippen LogP contribution in [-0.4, -0.2) is 11.1 Å². The standard InChI is InChI=1S/C8H10O2/c1-8(5-6-8)4-2-3-7(9)10/h4-6H2,1H3,(H,9,10). The summed E-state index contributed by atoms with van der Waals surface area (Å²) in [6.07, 6.45) is 3.13. The van der Waals surface area contributed by atoms with E-state index in [1.165, 1.54) is 12.8 Å². The molecule has 0 radical (unpaired) electrons. The van der Waals surface area contributed by atoms with Gasteiger partial charge in [-0.25, -0.2) is 4.79 Å². The minimum atomic E-state index is -1.02. The fourth-order valence-electron chi connectivity index (χ4n) is 0.723. The van der Waals surface area contributed by atoms with Crippen molar-refractivity contribution in [2.24, 2.45) is 5.41 Å². The zero-order valence-electron chi connectivity index (χ0n) is 5.98. The van der Waals surface area contributed by atoms with Crippen molar-refractivity contribution in [3.63, 3.8) is 0 Å². The molecule has 1 aliphatic rings. The zero-order valence-corrected chi connectivity index (χ0v) is 5.98. The fourth-order valence-corrected chi connectivity index (χ4v) is 0.723. The molecule has 0 bridgehead atoms. The van der Waals surface area contributed by atoms with Crippen molar-refractivity contribution in [3.05, 3.63) is 0 Å².